The van der Waals surface area contributed by atoms with Gasteiger partial charge in [0.25, 0.3) is 5.91 Å². The molecule has 1 amide bonds. The van der Waals surface area contributed by atoms with Crippen molar-refractivity contribution in [3.63, 3.8) is 0 Å². The highest BCUT2D eigenvalue weighted by molar-refractivity contribution is 6.04. The first kappa shape index (κ1) is 24.2. The van der Waals surface area contributed by atoms with E-state index in [-0.39, 0.29) is 30.7 Å². The second-order valence-electron chi connectivity index (χ2n) is 6.97. The van der Waals surface area contributed by atoms with Gasteiger partial charge in [0.2, 0.25) is 0 Å². The molecule has 1 aromatic heterocycles. The van der Waals surface area contributed by atoms with Gasteiger partial charge in [-0.3, -0.25) is 4.79 Å². The number of anilines is 2. The zero-order chi connectivity index (χ0) is 18.4. The van der Waals surface area contributed by atoms with Crippen molar-refractivity contribution in [2.24, 2.45) is 5.92 Å². The van der Waals surface area contributed by atoms with Crippen molar-refractivity contribution in [3.05, 3.63) is 53.7 Å². The molecule has 0 spiro atoms. The Labute approximate surface area is 180 Å². The Morgan fingerprint density at radius 2 is 1.86 bits per heavy atom. The third-order valence-electron chi connectivity index (χ3n) is 4.95. The van der Waals surface area contributed by atoms with Crippen molar-refractivity contribution < 1.29 is 4.79 Å². The van der Waals surface area contributed by atoms with Gasteiger partial charge < -0.3 is 15.5 Å². The molecule has 1 aliphatic heterocycles. The van der Waals surface area contributed by atoms with E-state index < -0.39 is 0 Å². The average molecular weight is 425 g/mol. The van der Waals surface area contributed by atoms with E-state index in [2.05, 4.69) is 34.4 Å². The number of rotatable bonds is 6. The van der Waals surface area contributed by atoms with Crippen LogP contribution in [0.5, 0.6) is 0 Å². The lowest BCUT2D eigenvalue weighted by atomic mass is 9.99. The molecule has 0 atom stereocenters. The first-order valence-corrected chi connectivity index (χ1v) is 9.48. The molecule has 2 aromatic rings. The highest BCUT2D eigenvalue weighted by Crippen LogP contribution is 2.22. The number of aromatic nitrogens is 1. The number of nitrogens with zero attached hydrogens (tertiary/aromatic N) is 2. The summed E-state index contributed by atoms with van der Waals surface area (Å²) in [4.78, 5) is 19.4. The Morgan fingerprint density at radius 3 is 2.50 bits per heavy atom. The number of carbonyl (C=O) groups excluding carboxylic acids is 1. The molecule has 0 unspecified atom stereocenters. The number of hydrogen-bond donors (Lipinski definition) is 2. The summed E-state index contributed by atoms with van der Waals surface area (Å²) in [6.07, 6.45) is 4.08. The summed E-state index contributed by atoms with van der Waals surface area (Å²) >= 11 is 0. The van der Waals surface area contributed by atoms with Gasteiger partial charge in [-0.2, -0.15) is 0 Å². The fraction of sp³-hybridized carbons (Fsp3) is 0.429. The maximum atomic E-state index is 12.6. The second kappa shape index (κ2) is 11.9. The van der Waals surface area contributed by atoms with Gasteiger partial charge >= 0.3 is 0 Å². The van der Waals surface area contributed by atoms with Gasteiger partial charge in [0.1, 0.15) is 5.82 Å². The first-order chi connectivity index (χ1) is 12.7. The van der Waals surface area contributed by atoms with E-state index in [4.69, 9.17) is 0 Å². The monoisotopic (exact) mass is 424 g/mol. The van der Waals surface area contributed by atoms with E-state index in [9.17, 15) is 4.79 Å². The average Bonchev–Trinajstić information content (AvgIpc) is 2.68. The molecule has 3 rings (SSSR count). The fourth-order valence-electron chi connectivity index (χ4n) is 3.20. The van der Waals surface area contributed by atoms with Gasteiger partial charge in [-0.25, -0.2) is 4.98 Å². The maximum absolute atomic E-state index is 12.6. The Hall–Kier alpha value is -1.82. The Bertz CT molecular complexity index is 731. The van der Waals surface area contributed by atoms with Gasteiger partial charge in [-0.05, 0) is 49.1 Å². The van der Waals surface area contributed by atoms with Crippen LogP contribution in [0.15, 0.2) is 42.6 Å². The molecular weight excluding hydrogens is 395 g/mol. The Balaban J connectivity index is 0.00000196. The molecule has 2 heterocycles. The molecule has 0 saturated carbocycles. The zero-order valence-electron chi connectivity index (χ0n) is 16.5. The number of para-hydroxylation sites is 1. The maximum Gasteiger partial charge on any atom is 0.257 e. The predicted octanol–water partition coefficient (Wildman–Crippen LogP) is 4.52. The molecule has 0 aliphatic carbocycles. The van der Waals surface area contributed by atoms with Crippen LogP contribution in [0.4, 0.5) is 11.5 Å². The molecule has 5 nitrogen and oxygen atoms in total. The van der Waals surface area contributed by atoms with E-state index in [0.29, 0.717) is 5.56 Å². The number of hydrogen-bond acceptors (Lipinski definition) is 4. The summed E-state index contributed by atoms with van der Waals surface area (Å²) in [6.45, 7) is 8.07. The number of halogens is 2. The summed E-state index contributed by atoms with van der Waals surface area (Å²) in [5, 5.41) is 6.30. The summed E-state index contributed by atoms with van der Waals surface area (Å²) < 4.78 is 0. The van der Waals surface area contributed by atoms with Gasteiger partial charge in [-0.15, -0.1) is 24.8 Å². The molecule has 28 heavy (non-hydrogen) atoms. The van der Waals surface area contributed by atoms with Crippen LogP contribution in [0.1, 0.15) is 42.6 Å². The number of pyridine rings is 1. The SMILES string of the molecule is CCNCc1ccccc1NC(=O)c1ccc(N2CCC(C)CC2)nc1.Cl.Cl. The van der Waals surface area contributed by atoms with Crippen LogP contribution in [0.2, 0.25) is 0 Å². The van der Waals surface area contributed by atoms with Crippen LogP contribution in [0.3, 0.4) is 0 Å². The summed E-state index contributed by atoms with van der Waals surface area (Å²) in [6, 6.07) is 11.7. The van der Waals surface area contributed by atoms with Crippen LogP contribution in [0, 0.1) is 5.92 Å². The predicted molar refractivity (Wildman–Crippen MR) is 121 cm³/mol. The lowest BCUT2D eigenvalue weighted by Gasteiger charge is -2.31. The van der Waals surface area contributed by atoms with Crippen molar-refractivity contribution >= 4 is 42.2 Å². The molecule has 154 valence electrons. The largest absolute Gasteiger partial charge is 0.357 e. The van der Waals surface area contributed by atoms with Crippen LogP contribution >= 0.6 is 24.8 Å². The molecule has 1 saturated heterocycles. The molecule has 1 fully saturated rings. The summed E-state index contributed by atoms with van der Waals surface area (Å²) in [5.41, 5.74) is 2.50. The first-order valence-electron chi connectivity index (χ1n) is 9.48. The molecule has 1 aromatic carbocycles. The minimum atomic E-state index is -0.125. The van der Waals surface area contributed by atoms with E-state index in [0.717, 1.165) is 49.2 Å². The van der Waals surface area contributed by atoms with Gasteiger partial charge in [0.15, 0.2) is 0 Å². The van der Waals surface area contributed by atoms with Crippen molar-refractivity contribution in [3.8, 4) is 0 Å². The quantitative estimate of drug-likeness (QED) is 0.715. The van der Waals surface area contributed by atoms with Crippen molar-refractivity contribution in [1.82, 2.24) is 10.3 Å². The van der Waals surface area contributed by atoms with Crippen molar-refractivity contribution in [2.75, 3.05) is 29.9 Å². The number of amides is 1. The lowest BCUT2D eigenvalue weighted by Crippen LogP contribution is -2.33. The van der Waals surface area contributed by atoms with E-state index in [1.807, 2.05) is 36.4 Å². The van der Waals surface area contributed by atoms with E-state index in [1.54, 1.807) is 6.20 Å². The van der Waals surface area contributed by atoms with Crippen molar-refractivity contribution in [2.45, 2.75) is 33.2 Å². The van der Waals surface area contributed by atoms with Gasteiger partial charge in [0, 0.05) is 31.5 Å². The van der Waals surface area contributed by atoms with Crippen molar-refractivity contribution in [1.29, 1.82) is 0 Å². The zero-order valence-corrected chi connectivity index (χ0v) is 18.1. The summed E-state index contributed by atoms with van der Waals surface area (Å²) in [7, 11) is 0. The molecular formula is C21H30Cl2N4O. The number of piperidine rings is 1. The smallest absolute Gasteiger partial charge is 0.257 e. The molecule has 7 heteroatoms. The minimum absolute atomic E-state index is 0. The standard InChI is InChI=1S/C21H28N4O.2ClH/c1-3-22-14-17-6-4-5-7-19(17)24-21(26)18-8-9-20(23-15-18)25-12-10-16(2)11-13-25;;/h4-9,15-16,22H,3,10-14H2,1-2H3,(H,24,26);2*1H. The Morgan fingerprint density at radius 1 is 1.14 bits per heavy atom. The molecule has 0 bridgehead atoms. The van der Waals surface area contributed by atoms with Gasteiger partial charge in [0.05, 0.1) is 5.56 Å². The highest BCUT2D eigenvalue weighted by atomic mass is 35.5. The van der Waals surface area contributed by atoms with Crippen LogP contribution in [-0.2, 0) is 6.54 Å². The molecule has 0 radical (unpaired) electrons. The third kappa shape index (κ3) is 6.36. The van der Waals surface area contributed by atoms with Crippen LogP contribution in [0.25, 0.3) is 0 Å². The van der Waals surface area contributed by atoms with Crippen LogP contribution < -0.4 is 15.5 Å². The summed E-state index contributed by atoms with van der Waals surface area (Å²) in [5.74, 6) is 1.62. The highest BCUT2D eigenvalue weighted by Gasteiger charge is 2.17. The normalized spacial score (nSPS) is 14.0. The number of carbonyl (C=O) groups is 1. The second-order valence-corrected chi connectivity index (χ2v) is 6.97. The topological polar surface area (TPSA) is 57.3 Å². The Kier molecular flexibility index (Phi) is 10.3. The van der Waals surface area contributed by atoms with E-state index >= 15 is 0 Å². The molecule has 2 N–H and O–H groups in total. The van der Waals surface area contributed by atoms with E-state index in [1.165, 1.54) is 12.8 Å². The van der Waals surface area contributed by atoms with Gasteiger partial charge in [-0.1, -0.05) is 32.0 Å². The number of nitrogens with one attached hydrogen (secondary N) is 2. The fourth-order valence-corrected chi connectivity index (χ4v) is 3.20. The third-order valence-corrected chi connectivity index (χ3v) is 4.95. The lowest BCUT2D eigenvalue weighted by molar-refractivity contribution is 0.102. The molecule has 1 aliphatic rings. The minimum Gasteiger partial charge on any atom is -0.357 e. The number of benzene rings is 1. The van der Waals surface area contributed by atoms with Crippen LogP contribution in [-0.4, -0.2) is 30.5 Å².